The van der Waals surface area contributed by atoms with Gasteiger partial charge in [0.1, 0.15) is 11.3 Å². The van der Waals surface area contributed by atoms with Gasteiger partial charge in [0.15, 0.2) is 11.5 Å². The number of nitriles is 1. The molecule has 29 heavy (non-hydrogen) atoms. The van der Waals surface area contributed by atoms with Crippen LogP contribution in [0.15, 0.2) is 36.7 Å². The van der Waals surface area contributed by atoms with Gasteiger partial charge in [0.05, 0.1) is 18.2 Å². The summed E-state index contributed by atoms with van der Waals surface area (Å²) in [7, 11) is 0. The summed E-state index contributed by atoms with van der Waals surface area (Å²) in [4.78, 5) is 18.4. The molecule has 7 heteroatoms. The van der Waals surface area contributed by atoms with Crippen LogP contribution in [-0.2, 0) is 13.0 Å². The van der Waals surface area contributed by atoms with Crippen molar-refractivity contribution in [1.82, 2.24) is 24.5 Å². The third kappa shape index (κ3) is 3.57. The van der Waals surface area contributed by atoms with Crippen LogP contribution in [0.25, 0.3) is 22.6 Å². The van der Waals surface area contributed by atoms with Crippen LogP contribution in [0.4, 0.5) is 0 Å². The highest BCUT2D eigenvalue weighted by atomic mass is 35.5. The highest BCUT2D eigenvalue weighted by molar-refractivity contribution is 6.30. The molecule has 0 atom stereocenters. The van der Waals surface area contributed by atoms with E-state index < -0.39 is 0 Å². The molecule has 0 spiro atoms. The maximum atomic E-state index is 9.33. The topological polar surface area (TPSA) is 80.3 Å². The van der Waals surface area contributed by atoms with Gasteiger partial charge in [-0.1, -0.05) is 18.5 Å². The van der Waals surface area contributed by atoms with Gasteiger partial charge in [-0.05, 0) is 43.7 Å². The van der Waals surface area contributed by atoms with E-state index in [0.717, 1.165) is 40.2 Å². The van der Waals surface area contributed by atoms with Crippen LogP contribution in [0.5, 0.6) is 0 Å². The maximum Gasteiger partial charge on any atom is 0.160 e. The highest BCUT2D eigenvalue weighted by Crippen LogP contribution is 2.24. The van der Waals surface area contributed by atoms with Crippen molar-refractivity contribution >= 4 is 22.8 Å². The lowest BCUT2D eigenvalue weighted by Crippen LogP contribution is -2.07. The second-order valence-corrected chi connectivity index (χ2v) is 7.37. The average molecular weight is 403 g/mol. The van der Waals surface area contributed by atoms with Crippen LogP contribution in [0.3, 0.4) is 0 Å². The molecule has 4 rings (SSSR count). The maximum absolute atomic E-state index is 9.33. The molecule has 0 amide bonds. The predicted octanol–water partition coefficient (Wildman–Crippen LogP) is 4.64. The summed E-state index contributed by atoms with van der Waals surface area (Å²) in [6.45, 7) is 6.72. The summed E-state index contributed by atoms with van der Waals surface area (Å²) >= 11 is 6.08. The third-order valence-electron chi connectivity index (χ3n) is 4.81. The number of benzene rings is 1. The average Bonchev–Trinajstić information content (AvgIpc) is 3.06. The molecule has 4 aromatic rings. The van der Waals surface area contributed by atoms with Crippen LogP contribution in [0, 0.1) is 25.2 Å². The molecule has 0 unspecified atom stereocenters. The van der Waals surface area contributed by atoms with Crippen LogP contribution < -0.4 is 0 Å². The van der Waals surface area contributed by atoms with Crippen LogP contribution in [-0.4, -0.2) is 24.5 Å². The summed E-state index contributed by atoms with van der Waals surface area (Å²) in [6, 6.07) is 9.28. The molecule has 0 aliphatic carbocycles. The zero-order valence-electron chi connectivity index (χ0n) is 16.4. The Morgan fingerprint density at radius 2 is 1.86 bits per heavy atom. The number of nitrogens with zero attached hydrogens (tertiary/aromatic N) is 6. The van der Waals surface area contributed by atoms with Gasteiger partial charge in [-0.25, -0.2) is 19.9 Å². The van der Waals surface area contributed by atoms with E-state index in [0.29, 0.717) is 28.5 Å². The highest BCUT2D eigenvalue weighted by Gasteiger charge is 2.15. The van der Waals surface area contributed by atoms with Crippen LogP contribution in [0.2, 0.25) is 5.02 Å². The minimum atomic E-state index is 0.476. The first-order valence-corrected chi connectivity index (χ1v) is 9.72. The van der Waals surface area contributed by atoms with Crippen molar-refractivity contribution < 1.29 is 0 Å². The number of aryl methyl sites for hydroxylation is 3. The van der Waals surface area contributed by atoms with Gasteiger partial charge >= 0.3 is 0 Å². The molecular weight excluding hydrogens is 384 g/mol. The van der Waals surface area contributed by atoms with Gasteiger partial charge < -0.3 is 4.57 Å². The number of hydrogen-bond acceptors (Lipinski definition) is 5. The number of pyridine rings is 1. The smallest absolute Gasteiger partial charge is 0.160 e. The lowest BCUT2D eigenvalue weighted by atomic mass is 10.1. The summed E-state index contributed by atoms with van der Waals surface area (Å²) in [5.41, 5.74) is 5.96. The number of aromatic nitrogens is 5. The van der Waals surface area contributed by atoms with Crippen LogP contribution in [0.1, 0.15) is 35.1 Å². The van der Waals surface area contributed by atoms with Crippen molar-refractivity contribution in [3.05, 3.63) is 69.9 Å². The Bertz CT molecular complexity index is 1250. The van der Waals surface area contributed by atoms with Crippen molar-refractivity contribution in [2.75, 3.05) is 0 Å². The zero-order chi connectivity index (χ0) is 20.5. The Kier molecular flexibility index (Phi) is 4.99. The van der Waals surface area contributed by atoms with E-state index in [2.05, 4.69) is 40.5 Å². The van der Waals surface area contributed by atoms with Gasteiger partial charge in [0.25, 0.3) is 0 Å². The fourth-order valence-electron chi connectivity index (χ4n) is 3.44. The first kappa shape index (κ1) is 19.0. The molecule has 3 aromatic heterocycles. The van der Waals surface area contributed by atoms with Crippen molar-refractivity contribution in [3.8, 4) is 17.5 Å². The van der Waals surface area contributed by atoms with E-state index in [1.165, 1.54) is 0 Å². The second-order valence-electron chi connectivity index (χ2n) is 6.94. The number of imidazole rings is 1. The summed E-state index contributed by atoms with van der Waals surface area (Å²) in [6.07, 6.45) is 4.36. The Labute approximate surface area is 173 Å². The summed E-state index contributed by atoms with van der Waals surface area (Å²) < 4.78 is 2.12. The third-order valence-corrected chi connectivity index (χ3v) is 5.04. The van der Waals surface area contributed by atoms with Crippen molar-refractivity contribution in [2.45, 2.75) is 33.7 Å². The van der Waals surface area contributed by atoms with E-state index in [4.69, 9.17) is 21.6 Å². The largest absolute Gasteiger partial charge is 0.308 e. The van der Waals surface area contributed by atoms with E-state index in [9.17, 15) is 5.26 Å². The number of fused-ring (bicyclic) bond motifs is 1. The number of rotatable bonds is 4. The molecule has 0 N–H and O–H groups in total. The Morgan fingerprint density at radius 1 is 1.10 bits per heavy atom. The lowest BCUT2D eigenvalue weighted by molar-refractivity contribution is 0.740. The Balaban J connectivity index is 1.72. The molecule has 0 saturated heterocycles. The van der Waals surface area contributed by atoms with Crippen LogP contribution >= 0.6 is 11.6 Å². The molecule has 144 valence electrons. The molecule has 0 saturated carbocycles. The normalized spacial score (nSPS) is 11.0. The van der Waals surface area contributed by atoms with Crippen molar-refractivity contribution in [1.29, 1.82) is 5.26 Å². The van der Waals surface area contributed by atoms with Crippen molar-refractivity contribution in [2.24, 2.45) is 0 Å². The molecule has 0 radical (unpaired) electrons. The number of halogens is 1. The first-order valence-electron chi connectivity index (χ1n) is 9.34. The molecule has 1 aromatic carbocycles. The van der Waals surface area contributed by atoms with E-state index in [-0.39, 0.29) is 0 Å². The quantitative estimate of drug-likeness (QED) is 0.496. The van der Waals surface area contributed by atoms with Crippen molar-refractivity contribution in [3.63, 3.8) is 0 Å². The zero-order valence-corrected chi connectivity index (χ0v) is 17.2. The van der Waals surface area contributed by atoms with Gasteiger partial charge in [-0.15, -0.1) is 0 Å². The summed E-state index contributed by atoms with van der Waals surface area (Å²) in [5.74, 6) is 1.45. The predicted molar refractivity (Wildman–Crippen MR) is 113 cm³/mol. The molecule has 0 aliphatic heterocycles. The van der Waals surface area contributed by atoms with Gasteiger partial charge in [0, 0.05) is 40.7 Å². The Hall–Kier alpha value is -3.30. The van der Waals surface area contributed by atoms with E-state index in [1.807, 2.05) is 6.92 Å². The molecule has 6 nitrogen and oxygen atoms in total. The van der Waals surface area contributed by atoms with E-state index in [1.54, 1.807) is 30.6 Å². The SMILES string of the molecule is CCc1nc2c(C)cc(C)nc2n1Cc1cnc(-c2cc(Cl)ccc2C#N)nc1. The number of hydrogen-bond donors (Lipinski definition) is 0. The molecule has 0 fully saturated rings. The van der Waals surface area contributed by atoms with E-state index >= 15 is 0 Å². The minimum absolute atomic E-state index is 0.476. The van der Waals surface area contributed by atoms with Gasteiger partial charge in [-0.2, -0.15) is 5.26 Å². The second kappa shape index (κ2) is 7.61. The first-order chi connectivity index (χ1) is 14.0. The summed E-state index contributed by atoms with van der Waals surface area (Å²) in [5, 5.41) is 9.88. The fourth-order valence-corrected chi connectivity index (χ4v) is 3.61. The van der Waals surface area contributed by atoms with Gasteiger partial charge in [0.2, 0.25) is 0 Å². The molecular formula is C22H19ClN6. The monoisotopic (exact) mass is 402 g/mol. The molecule has 3 heterocycles. The lowest BCUT2D eigenvalue weighted by Gasteiger charge is -2.09. The van der Waals surface area contributed by atoms with Gasteiger partial charge in [-0.3, -0.25) is 0 Å². The standard InChI is InChI=1S/C22H19ClN6/c1-4-19-28-20-13(2)7-14(3)27-22(20)29(19)12-15-10-25-21(26-11-15)18-8-17(23)6-5-16(18)9-24/h5-8,10-11H,4,12H2,1-3H3. The molecule has 0 aliphatic rings. The molecule has 0 bridgehead atoms. The fraction of sp³-hybridized carbons (Fsp3) is 0.227. The minimum Gasteiger partial charge on any atom is -0.308 e. The Morgan fingerprint density at radius 3 is 2.55 bits per heavy atom.